The molecule has 0 bridgehead atoms. The summed E-state index contributed by atoms with van der Waals surface area (Å²) in [5.41, 5.74) is 0. The van der Waals surface area contributed by atoms with Crippen molar-refractivity contribution in [3.8, 4) is 0 Å². The first-order valence-electron chi connectivity index (χ1n) is 5.97. The molecule has 0 unspecified atom stereocenters. The summed E-state index contributed by atoms with van der Waals surface area (Å²) in [6, 6.07) is 0. The molecule has 0 spiro atoms. The molecule has 0 aromatic rings. The van der Waals surface area contributed by atoms with Gasteiger partial charge in [0.05, 0.1) is 26.4 Å². The van der Waals surface area contributed by atoms with E-state index < -0.39 is 7.82 Å². The van der Waals surface area contributed by atoms with Gasteiger partial charge in [0.2, 0.25) is 0 Å². The van der Waals surface area contributed by atoms with Gasteiger partial charge in [0.25, 0.3) is 0 Å². The van der Waals surface area contributed by atoms with Crippen LogP contribution in [0.1, 0.15) is 20.8 Å². The molecule has 0 aromatic heterocycles. The highest BCUT2D eigenvalue weighted by atomic mass is 31.2. The molecule has 0 amide bonds. The van der Waals surface area contributed by atoms with Gasteiger partial charge in [-0.25, -0.2) is 4.57 Å². The van der Waals surface area contributed by atoms with E-state index in [1.54, 1.807) is 13.8 Å². The molecule has 0 radical (unpaired) electrons. The summed E-state index contributed by atoms with van der Waals surface area (Å²) in [7, 11) is -3.69. The van der Waals surface area contributed by atoms with Crippen LogP contribution in [0, 0.1) is 0 Å². The second kappa shape index (κ2) is 10.00. The van der Waals surface area contributed by atoms with Crippen LogP contribution in [0.4, 0.5) is 0 Å². The molecule has 7 heteroatoms. The van der Waals surface area contributed by atoms with Crippen LogP contribution in [-0.4, -0.2) is 55.9 Å². The van der Waals surface area contributed by atoms with Crippen LogP contribution >= 0.6 is 7.82 Å². The lowest BCUT2D eigenvalue weighted by atomic mass is 10.4. The average molecular weight is 269 g/mol. The van der Waals surface area contributed by atoms with Crippen molar-refractivity contribution in [1.29, 1.82) is 0 Å². The molecule has 0 atom stereocenters. The Morgan fingerprint density at radius 2 is 1.65 bits per heavy atom. The van der Waals surface area contributed by atoms with E-state index >= 15 is 0 Å². The Labute approximate surface area is 103 Å². The monoisotopic (exact) mass is 269 g/mol. The van der Waals surface area contributed by atoms with Gasteiger partial charge in [0, 0.05) is 13.1 Å². The molecule has 1 aliphatic rings. The molecular weight excluding hydrogens is 245 g/mol. The molecule has 1 heterocycles. The Bertz CT molecular complexity index is 211. The van der Waals surface area contributed by atoms with Gasteiger partial charge in [-0.2, -0.15) is 0 Å². The topological polar surface area (TPSA) is 68.2 Å². The normalized spacial score (nSPS) is 17.4. The summed E-state index contributed by atoms with van der Waals surface area (Å²) in [4.78, 5) is 11.0. The van der Waals surface area contributed by atoms with E-state index in [1.807, 2.05) is 0 Å². The zero-order chi connectivity index (χ0) is 13.1. The minimum atomic E-state index is -3.69. The van der Waals surface area contributed by atoms with Crippen LogP contribution in [0.3, 0.4) is 0 Å². The van der Waals surface area contributed by atoms with Crippen LogP contribution in [0.5, 0.6) is 0 Å². The van der Waals surface area contributed by atoms with Crippen LogP contribution in [0.2, 0.25) is 0 Å². The second-order valence-corrected chi connectivity index (χ2v) is 4.80. The summed E-state index contributed by atoms with van der Waals surface area (Å²) < 4.78 is 24.4. The van der Waals surface area contributed by atoms with E-state index in [4.69, 9.17) is 9.63 Å². The number of nitrogens with zero attached hydrogens (tertiary/aromatic N) is 1. The minimum Gasteiger partial charge on any atom is -0.379 e. The third-order valence-electron chi connectivity index (χ3n) is 2.14. The van der Waals surface area contributed by atoms with Crippen molar-refractivity contribution in [3.05, 3.63) is 0 Å². The predicted molar refractivity (Wildman–Crippen MR) is 66.0 cm³/mol. The fourth-order valence-corrected chi connectivity index (χ4v) is 2.01. The van der Waals surface area contributed by atoms with Gasteiger partial charge in [-0.1, -0.05) is 6.92 Å². The van der Waals surface area contributed by atoms with Gasteiger partial charge in [-0.15, -0.1) is 0 Å². The fourth-order valence-electron chi connectivity index (χ4n) is 1.28. The van der Waals surface area contributed by atoms with Crippen LogP contribution in [-0.2, 0) is 18.3 Å². The molecule has 1 rings (SSSR count). The number of rotatable bonds is 5. The van der Waals surface area contributed by atoms with Crippen molar-refractivity contribution in [2.45, 2.75) is 20.8 Å². The molecular formula is C10H24NO5P. The molecule has 6 nitrogen and oxygen atoms in total. The van der Waals surface area contributed by atoms with Crippen LogP contribution < -0.4 is 0 Å². The molecule has 104 valence electrons. The van der Waals surface area contributed by atoms with Gasteiger partial charge >= 0.3 is 7.82 Å². The Morgan fingerprint density at radius 1 is 1.18 bits per heavy atom. The lowest BCUT2D eigenvalue weighted by Gasteiger charge is -2.24. The maximum Gasteiger partial charge on any atom is 0.472 e. The molecule has 0 aliphatic carbocycles. The lowest BCUT2D eigenvalue weighted by Crippen LogP contribution is -2.35. The van der Waals surface area contributed by atoms with E-state index in [0.717, 1.165) is 26.3 Å². The number of morpholine rings is 1. The molecule has 0 aromatic carbocycles. The fraction of sp³-hybridized carbons (Fsp3) is 1.00. The van der Waals surface area contributed by atoms with E-state index in [9.17, 15) is 4.57 Å². The summed E-state index contributed by atoms with van der Waals surface area (Å²) in [5, 5.41) is 0. The maximum atomic E-state index is 10.5. The van der Waals surface area contributed by atoms with E-state index in [-0.39, 0.29) is 13.2 Å². The average Bonchev–Trinajstić information content (AvgIpc) is 2.31. The summed E-state index contributed by atoms with van der Waals surface area (Å²) in [5.74, 6) is 0. The third kappa shape index (κ3) is 9.71. The number of hydrogen-bond acceptors (Lipinski definition) is 5. The van der Waals surface area contributed by atoms with Crippen molar-refractivity contribution in [2.24, 2.45) is 0 Å². The predicted octanol–water partition coefficient (Wildman–Crippen LogP) is 1.50. The van der Waals surface area contributed by atoms with Gasteiger partial charge in [0.15, 0.2) is 0 Å². The van der Waals surface area contributed by atoms with Gasteiger partial charge < -0.3 is 9.63 Å². The third-order valence-corrected chi connectivity index (χ3v) is 3.30. The SMILES string of the molecule is CCN1CCOCC1.CCOP(=O)(O)OCC. The number of phosphoric ester groups is 1. The highest BCUT2D eigenvalue weighted by Crippen LogP contribution is 2.42. The van der Waals surface area contributed by atoms with Gasteiger partial charge in [0.1, 0.15) is 0 Å². The van der Waals surface area contributed by atoms with Crippen molar-refractivity contribution in [2.75, 3.05) is 46.1 Å². The molecule has 0 saturated carbocycles. The van der Waals surface area contributed by atoms with Crippen molar-refractivity contribution in [3.63, 3.8) is 0 Å². The van der Waals surface area contributed by atoms with Gasteiger partial charge in [-0.3, -0.25) is 13.9 Å². The molecule has 1 fully saturated rings. The van der Waals surface area contributed by atoms with E-state index in [2.05, 4.69) is 20.9 Å². The maximum absolute atomic E-state index is 10.5. The largest absolute Gasteiger partial charge is 0.472 e. The second-order valence-electron chi connectivity index (χ2n) is 3.35. The molecule has 1 saturated heterocycles. The molecule has 1 N–H and O–H groups in total. The number of hydrogen-bond donors (Lipinski definition) is 1. The first kappa shape index (κ1) is 17.0. The highest BCUT2D eigenvalue weighted by molar-refractivity contribution is 7.47. The Morgan fingerprint density at radius 3 is 1.94 bits per heavy atom. The van der Waals surface area contributed by atoms with Gasteiger partial charge in [-0.05, 0) is 20.4 Å². The van der Waals surface area contributed by atoms with Crippen molar-refractivity contribution < 1.29 is 23.2 Å². The van der Waals surface area contributed by atoms with Crippen LogP contribution in [0.25, 0.3) is 0 Å². The Balaban J connectivity index is 0.000000302. The molecule has 1 aliphatic heterocycles. The van der Waals surface area contributed by atoms with Crippen molar-refractivity contribution >= 4 is 7.82 Å². The Kier molecular flexibility index (Phi) is 10.0. The van der Waals surface area contributed by atoms with E-state index in [0.29, 0.717) is 0 Å². The zero-order valence-electron chi connectivity index (χ0n) is 10.9. The highest BCUT2D eigenvalue weighted by Gasteiger charge is 2.17. The minimum absolute atomic E-state index is 0.188. The number of phosphoric acid groups is 1. The first-order chi connectivity index (χ1) is 8.05. The number of ether oxygens (including phenoxy) is 1. The summed E-state index contributed by atoms with van der Waals surface area (Å²) >= 11 is 0. The van der Waals surface area contributed by atoms with E-state index in [1.165, 1.54) is 6.54 Å². The first-order valence-corrected chi connectivity index (χ1v) is 7.47. The lowest BCUT2D eigenvalue weighted by molar-refractivity contribution is 0.0405. The zero-order valence-corrected chi connectivity index (χ0v) is 11.8. The smallest absolute Gasteiger partial charge is 0.379 e. The standard InChI is InChI=1S/C6H13NO.C4H11O4P/c1-2-7-3-5-8-6-4-7;1-3-7-9(5,6)8-4-2/h2-6H2,1H3;3-4H2,1-2H3,(H,5,6). The Hall–Kier alpha value is 0.0300. The van der Waals surface area contributed by atoms with Crippen molar-refractivity contribution in [1.82, 2.24) is 4.90 Å². The summed E-state index contributed by atoms with van der Waals surface area (Å²) in [6.45, 7) is 11.1. The molecule has 17 heavy (non-hydrogen) atoms. The summed E-state index contributed by atoms with van der Waals surface area (Å²) in [6.07, 6.45) is 0. The van der Waals surface area contributed by atoms with Crippen LogP contribution in [0.15, 0.2) is 0 Å². The number of likely N-dealkylation sites (N-methyl/N-ethyl adjacent to an activating group) is 1. The quantitative estimate of drug-likeness (QED) is 0.763.